The van der Waals surface area contributed by atoms with Gasteiger partial charge in [-0.3, -0.25) is 9.59 Å². The Morgan fingerprint density at radius 1 is 1.09 bits per heavy atom. The highest BCUT2D eigenvalue weighted by Gasteiger charge is 2.48. The molecule has 1 saturated heterocycles. The summed E-state index contributed by atoms with van der Waals surface area (Å²) in [6.45, 7) is 5.85. The summed E-state index contributed by atoms with van der Waals surface area (Å²) in [4.78, 5) is 38.6. The molecule has 178 valence electrons. The lowest BCUT2D eigenvalue weighted by Crippen LogP contribution is -2.64. The van der Waals surface area contributed by atoms with Gasteiger partial charge in [0.1, 0.15) is 12.6 Å². The molecule has 0 saturated carbocycles. The highest BCUT2D eigenvalue weighted by Crippen LogP contribution is 2.44. The topological polar surface area (TPSA) is 95.9 Å². The summed E-state index contributed by atoms with van der Waals surface area (Å²) >= 11 is 0. The molecule has 1 aliphatic heterocycles. The molecule has 7 nitrogen and oxygen atoms in total. The Morgan fingerprint density at radius 3 is 2.18 bits per heavy atom. The molecule has 4 rings (SSSR count). The average molecular weight is 463 g/mol. The second-order valence-corrected chi connectivity index (χ2v) is 9.60. The number of aliphatic carboxylic acids is 1. The Morgan fingerprint density at radius 2 is 1.65 bits per heavy atom. The second kappa shape index (κ2) is 9.33. The molecule has 1 unspecified atom stereocenters. The number of carbonyl (C=O) groups is 3. The van der Waals surface area contributed by atoms with Crippen LogP contribution in [0.2, 0.25) is 0 Å². The lowest BCUT2D eigenvalue weighted by molar-refractivity contribution is -0.164. The van der Waals surface area contributed by atoms with Crippen molar-refractivity contribution in [1.29, 1.82) is 0 Å². The molecule has 1 atom stereocenters. The van der Waals surface area contributed by atoms with Crippen LogP contribution in [0, 0.1) is 5.41 Å². The molecule has 1 fully saturated rings. The first kappa shape index (κ1) is 23.5. The summed E-state index contributed by atoms with van der Waals surface area (Å²) in [6.07, 6.45) is 1.53. The predicted octanol–water partition coefficient (Wildman–Crippen LogP) is 4.18. The maximum absolute atomic E-state index is 13.0. The predicted molar refractivity (Wildman–Crippen MR) is 128 cm³/mol. The van der Waals surface area contributed by atoms with Crippen molar-refractivity contribution >= 4 is 18.0 Å². The fourth-order valence-electron chi connectivity index (χ4n) is 4.67. The summed E-state index contributed by atoms with van der Waals surface area (Å²) in [6, 6.07) is 15.4. The van der Waals surface area contributed by atoms with E-state index in [9.17, 15) is 19.5 Å². The highest BCUT2D eigenvalue weighted by atomic mass is 16.5. The van der Waals surface area contributed by atoms with Crippen LogP contribution < -0.4 is 5.32 Å². The van der Waals surface area contributed by atoms with Crippen LogP contribution in [0.5, 0.6) is 0 Å². The zero-order chi connectivity index (χ0) is 24.5. The average Bonchev–Trinajstić information content (AvgIpc) is 3.11. The molecule has 0 spiro atoms. The number of carboxylic acids is 1. The van der Waals surface area contributed by atoms with Crippen LogP contribution in [0.1, 0.15) is 44.2 Å². The maximum atomic E-state index is 13.0. The number of amides is 2. The van der Waals surface area contributed by atoms with Gasteiger partial charge in [0.2, 0.25) is 5.91 Å². The zero-order valence-electron chi connectivity index (χ0n) is 19.7. The van der Waals surface area contributed by atoms with E-state index >= 15 is 0 Å². The van der Waals surface area contributed by atoms with Gasteiger partial charge in [0.15, 0.2) is 0 Å². The lowest BCUT2D eigenvalue weighted by Gasteiger charge is -2.46. The van der Waals surface area contributed by atoms with Gasteiger partial charge >= 0.3 is 12.1 Å². The molecule has 2 aromatic carbocycles. The number of carboxylic acid groups (broad SMARTS) is 1. The van der Waals surface area contributed by atoms with Crippen LogP contribution in [0.3, 0.4) is 0 Å². The lowest BCUT2D eigenvalue weighted by atomic mass is 9.81. The minimum atomic E-state index is -0.944. The number of alkyl carbamates (subject to hydrolysis) is 1. The molecule has 0 aromatic heterocycles. The van der Waals surface area contributed by atoms with Gasteiger partial charge in [0.25, 0.3) is 0 Å². The molecule has 2 aliphatic rings. The number of hydrogen-bond donors (Lipinski definition) is 2. The number of fused-ring (bicyclic) bond motifs is 3. The highest BCUT2D eigenvalue weighted by molar-refractivity contribution is 5.89. The number of nitrogens with zero attached hydrogens (tertiary/aromatic N) is 1. The summed E-state index contributed by atoms with van der Waals surface area (Å²) in [5.74, 6) is -1.30. The van der Waals surface area contributed by atoms with E-state index in [1.165, 1.54) is 4.90 Å². The molecule has 7 heteroatoms. The Kier molecular flexibility index (Phi) is 6.46. The van der Waals surface area contributed by atoms with Gasteiger partial charge < -0.3 is 20.1 Å². The van der Waals surface area contributed by atoms with Crippen molar-refractivity contribution in [2.75, 3.05) is 19.7 Å². The van der Waals surface area contributed by atoms with E-state index in [1.54, 1.807) is 6.92 Å². The number of benzene rings is 2. The first-order chi connectivity index (χ1) is 16.2. The van der Waals surface area contributed by atoms with E-state index < -0.39 is 23.5 Å². The molecule has 0 radical (unpaired) electrons. The van der Waals surface area contributed by atoms with Gasteiger partial charge in [-0.25, -0.2) is 4.79 Å². The number of rotatable bonds is 7. The number of likely N-dealkylation sites (tertiary alicyclic amines) is 1. The van der Waals surface area contributed by atoms with Crippen molar-refractivity contribution in [3.05, 3.63) is 71.3 Å². The Bertz CT molecular complexity index is 1100. The van der Waals surface area contributed by atoms with E-state index in [0.717, 1.165) is 27.8 Å². The van der Waals surface area contributed by atoms with Crippen molar-refractivity contribution in [2.45, 2.75) is 39.2 Å². The number of carbonyl (C=O) groups excluding carboxylic acids is 2. The van der Waals surface area contributed by atoms with Crippen LogP contribution >= 0.6 is 0 Å². The van der Waals surface area contributed by atoms with Crippen molar-refractivity contribution in [1.82, 2.24) is 10.2 Å². The first-order valence-electron chi connectivity index (χ1n) is 11.5. The molecule has 2 aromatic rings. The maximum Gasteiger partial charge on any atom is 0.407 e. The quantitative estimate of drug-likeness (QED) is 0.602. The fourth-order valence-corrected chi connectivity index (χ4v) is 4.67. The molecular formula is C27H30N2O5. The smallest absolute Gasteiger partial charge is 0.407 e. The number of nitrogens with one attached hydrogen (secondary N) is 1. The van der Waals surface area contributed by atoms with Gasteiger partial charge in [-0.15, -0.1) is 0 Å². The molecule has 2 amide bonds. The van der Waals surface area contributed by atoms with Gasteiger partial charge in [-0.2, -0.15) is 0 Å². The van der Waals surface area contributed by atoms with Crippen LogP contribution in [0.4, 0.5) is 4.79 Å². The summed E-state index contributed by atoms with van der Waals surface area (Å²) in [5.41, 5.74) is 4.59. The molecular weight excluding hydrogens is 432 g/mol. The van der Waals surface area contributed by atoms with Gasteiger partial charge in [-0.1, -0.05) is 60.2 Å². The van der Waals surface area contributed by atoms with E-state index in [2.05, 4.69) is 17.4 Å². The number of ether oxygens (including phenoxy) is 1. The Balaban J connectivity index is 1.42. The SMILES string of the molecule is CC(C)=CCC(NC(=O)OCC1c2ccccc2-c2ccccc21)C(=O)N1CC(C)(C(=O)O)C1. The van der Waals surface area contributed by atoms with Crippen LogP contribution in [-0.2, 0) is 14.3 Å². The monoisotopic (exact) mass is 462 g/mol. The summed E-state index contributed by atoms with van der Waals surface area (Å²) in [5, 5.41) is 12.0. The Labute approximate surface area is 199 Å². The molecule has 0 bridgehead atoms. The molecule has 2 N–H and O–H groups in total. The third-order valence-electron chi connectivity index (χ3n) is 6.60. The Hall–Kier alpha value is -3.61. The van der Waals surface area contributed by atoms with E-state index in [4.69, 9.17) is 4.74 Å². The summed E-state index contributed by atoms with van der Waals surface area (Å²) in [7, 11) is 0. The van der Waals surface area contributed by atoms with Crippen LogP contribution in [-0.4, -0.2) is 53.7 Å². The van der Waals surface area contributed by atoms with Crippen molar-refractivity contribution in [3.8, 4) is 11.1 Å². The first-order valence-corrected chi connectivity index (χ1v) is 11.5. The number of hydrogen-bond acceptors (Lipinski definition) is 4. The van der Waals surface area contributed by atoms with Gasteiger partial charge in [0.05, 0.1) is 5.41 Å². The van der Waals surface area contributed by atoms with Gasteiger partial charge in [0, 0.05) is 19.0 Å². The van der Waals surface area contributed by atoms with Crippen molar-refractivity contribution < 1.29 is 24.2 Å². The largest absolute Gasteiger partial charge is 0.481 e. The van der Waals surface area contributed by atoms with Gasteiger partial charge in [-0.05, 0) is 49.4 Å². The van der Waals surface area contributed by atoms with Crippen LogP contribution in [0.25, 0.3) is 11.1 Å². The summed E-state index contributed by atoms with van der Waals surface area (Å²) < 4.78 is 5.60. The minimum Gasteiger partial charge on any atom is -0.481 e. The van der Waals surface area contributed by atoms with E-state index in [0.29, 0.717) is 6.42 Å². The van der Waals surface area contributed by atoms with Crippen molar-refractivity contribution in [2.24, 2.45) is 5.41 Å². The standard InChI is InChI=1S/C27H30N2O5/c1-17(2)12-13-23(24(30)29-15-27(3,16-29)25(31)32)28-26(33)34-14-22-20-10-6-4-8-18(20)19-9-5-7-11-21(19)22/h4-12,22-23H,13-16H2,1-3H3,(H,28,33)(H,31,32). The van der Waals surface area contributed by atoms with Crippen molar-refractivity contribution in [3.63, 3.8) is 0 Å². The van der Waals surface area contributed by atoms with Crippen LogP contribution in [0.15, 0.2) is 60.2 Å². The third-order valence-corrected chi connectivity index (χ3v) is 6.60. The van der Waals surface area contributed by atoms with E-state index in [-0.39, 0.29) is 31.5 Å². The number of allylic oxidation sites excluding steroid dienone is 1. The normalized spacial score (nSPS) is 16.5. The minimum absolute atomic E-state index is 0.0725. The third kappa shape index (κ3) is 4.55. The van der Waals surface area contributed by atoms with E-state index in [1.807, 2.05) is 56.3 Å². The second-order valence-electron chi connectivity index (χ2n) is 9.60. The fraction of sp³-hybridized carbons (Fsp3) is 0.370. The molecule has 34 heavy (non-hydrogen) atoms. The zero-order valence-corrected chi connectivity index (χ0v) is 19.7. The molecule has 1 heterocycles. The molecule has 1 aliphatic carbocycles.